The van der Waals surface area contributed by atoms with Gasteiger partial charge in [0.25, 0.3) is 5.56 Å². The van der Waals surface area contributed by atoms with E-state index in [1.165, 1.54) is 16.9 Å². The molecule has 0 unspecified atom stereocenters. The van der Waals surface area contributed by atoms with Gasteiger partial charge in [-0.15, -0.1) is 11.3 Å². The van der Waals surface area contributed by atoms with Crippen molar-refractivity contribution in [3.8, 4) is 11.4 Å². The average Bonchev–Trinajstić information content (AvgIpc) is 2.74. The second-order valence-corrected chi connectivity index (χ2v) is 9.70. The molecule has 4 rings (SSSR count). The molecule has 0 aliphatic heterocycles. The first-order valence-corrected chi connectivity index (χ1v) is 11.2. The third-order valence-electron chi connectivity index (χ3n) is 5.44. The number of hydrogen-bond donors (Lipinski definition) is 0. The summed E-state index contributed by atoms with van der Waals surface area (Å²) in [4.78, 5) is 31.9. The van der Waals surface area contributed by atoms with Gasteiger partial charge in [-0.3, -0.25) is 14.2 Å². The Hall–Kier alpha value is -2.83. The standard InChI is InChI=1S/C25H26N2O3S/c1-25(2,3)17-12-10-16(11-13-17)22-26-23-20(24(29)27(22)14-7-15-30-4)21(28)18-8-5-6-9-19(18)31-23/h5-6,8-13H,7,14-15H2,1-4H3. The highest BCUT2D eigenvalue weighted by atomic mass is 32.1. The Morgan fingerprint density at radius 2 is 1.74 bits per heavy atom. The number of rotatable bonds is 5. The lowest BCUT2D eigenvalue weighted by atomic mass is 9.86. The summed E-state index contributed by atoms with van der Waals surface area (Å²) in [6.45, 7) is 7.46. The molecule has 2 aromatic heterocycles. The zero-order valence-electron chi connectivity index (χ0n) is 18.3. The van der Waals surface area contributed by atoms with Crippen molar-refractivity contribution in [1.29, 1.82) is 0 Å². The monoisotopic (exact) mass is 434 g/mol. The number of aromatic nitrogens is 2. The highest BCUT2D eigenvalue weighted by molar-refractivity contribution is 7.24. The molecule has 0 aliphatic carbocycles. The van der Waals surface area contributed by atoms with Crippen LogP contribution in [0.2, 0.25) is 0 Å². The van der Waals surface area contributed by atoms with Crippen LogP contribution in [0.4, 0.5) is 0 Å². The third-order valence-corrected chi connectivity index (χ3v) is 6.51. The summed E-state index contributed by atoms with van der Waals surface area (Å²) >= 11 is 1.38. The second kappa shape index (κ2) is 8.36. The summed E-state index contributed by atoms with van der Waals surface area (Å²) in [5, 5.41) is 0.723. The number of methoxy groups -OCH3 is 1. The largest absolute Gasteiger partial charge is 0.385 e. The highest BCUT2D eigenvalue weighted by Gasteiger charge is 2.19. The lowest BCUT2D eigenvalue weighted by Gasteiger charge is -2.19. The van der Waals surface area contributed by atoms with Gasteiger partial charge in [-0.2, -0.15) is 0 Å². The van der Waals surface area contributed by atoms with Crippen LogP contribution in [0.25, 0.3) is 31.7 Å². The molecule has 5 nitrogen and oxygen atoms in total. The molecule has 0 aliphatic rings. The average molecular weight is 435 g/mol. The van der Waals surface area contributed by atoms with Crippen LogP contribution in [-0.2, 0) is 16.7 Å². The van der Waals surface area contributed by atoms with Gasteiger partial charge in [0.05, 0.1) is 0 Å². The van der Waals surface area contributed by atoms with E-state index in [-0.39, 0.29) is 21.8 Å². The molecule has 0 radical (unpaired) electrons. The van der Waals surface area contributed by atoms with E-state index in [2.05, 4.69) is 32.9 Å². The molecule has 2 aromatic carbocycles. The lowest BCUT2D eigenvalue weighted by molar-refractivity contribution is 0.190. The van der Waals surface area contributed by atoms with Gasteiger partial charge < -0.3 is 4.74 Å². The molecular formula is C25H26N2O3S. The lowest BCUT2D eigenvalue weighted by Crippen LogP contribution is -2.27. The van der Waals surface area contributed by atoms with Crippen LogP contribution in [0.1, 0.15) is 32.8 Å². The maximum absolute atomic E-state index is 13.5. The van der Waals surface area contributed by atoms with Crippen molar-refractivity contribution >= 4 is 31.6 Å². The van der Waals surface area contributed by atoms with Gasteiger partial charge in [-0.1, -0.05) is 57.2 Å². The first kappa shape index (κ1) is 21.4. The predicted molar refractivity (Wildman–Crippen MR) is 128 cm³/mol. The van der Waals surface area contributed by atoms with Crippen LogP contribution in [0.5, 0.6) is 0 Å². The summed E-state index contributed by atoms with van der Waals surface area (Å²) in [6.07, 6.45) is 0.655. The third kappa shape index (κ3) is 4.05. The molecule has 2 heterocycles. The maximum Gasteiger partial charge on any atom is 0.266 e. The Morgan fingerprint density at radius 1 is 1.03 bits per heavy atom. The normalized spacial score (nSPS) is 12.0. The van der Waals surface area contributed by atoms with Gasteiger partial charge in [0.1, 0.15) is 16.0 Å². The van der Waals surface area contributed by atoms with E-state index in [0.717, 1.165) is 10.3 Å². The SMILES string of the molecule is COCCCn1c(-c2ccc(C(C)(C)C)cc2)nc2sc3ccccc3c(=O)c2c1=O. The van der Waals surface area contributed by atoms with Crippen molar-refractivity contribution in [3.63, 3.8) is 0 Å². The van der Waals surface area contributed by atoms with Crippen LogP contribution in [0, 0.1) is 0 Å². The molecule has 0 amide bonds. The van der Waals surface area contributed by atoms with Gasteiger partial charge in [-0.05, 0) is 29.5 Å². The molecule has 0 atom stereocenters. The maximum atomic E-state index is 13.5. The number of hydrogen-bond acceptors (Lipinski definition) is 5. The van der Waals surface area contributed by atoms with Gasteiger partial charge >= 0.3 is 0 Å². The number of fused-ring (bicyclic) bond motifs is 2. The summed E-state index contributed by atoms with van der Waals surface area (Å²) in [7, 11) is 1.64. The summed E-state index contributed by atoms with van der Waals surface area (Å²) in [6, 6.07) is 15.5. The van der Waals surface area contributed by atoms with E-state index < -0.39 is 0 Å². The number of nitrogens with zero attached hydrogens (tertiary/aromatic N) is 2. The Kier molecular flexibility index (Phi) is 5.77. The molecule has 0 N–H and O–H groups in total. The fourth-order valence-corrected chi connectivity index (χ4v) is 4.74. The zero-order valence-corrected chi connectivity index (χ0v) is 19.1. The van der Waals surface area contributed by atoms with Crippen molar-refractivity contribution < 1.29 is 4.74 Å². The van der Waals surface area contributed by atoms with Crippen LogP contribution < -0.4 is 11.0 Å². The van der Waals surface area contributed by atoms with E-state index in [1.54, 1.807) is 17.7 Å². The minimum Gasteiger partial charge on any atom is -0.385 e. The number of ether oxygens (including phenoxy) is 1. The van der Waals surface area contributed by atoms with Crippen molar-refractivity contribution in [2.75, 3.05) is 13.7 Å². The topological polar surface area (TPSA) is 61.2 Å². The molecule has 160 valence electrons. The van der Waals surface area contributed by atoms with Gasteiger partial charge in [0, 0.05) is 35.9 Å². The predicted octanol–water partition coefficient (Wildman–Crippen LogP) is 4.97. The minimum atomic E-state index is -0.289. The molecule has 0 spiro atoms. The van der Waals surface area contributed by atoms with Crippen LogP contribution in [-0.4, -0.2) is 23.3 Å². The van der Waals surface area contributed by atoms with Gasteiger partial charge in [-0.25, -0.2) is 4.98 Å². The molecule has 0 saturated heterocycles. The first-order valence-electron chi connectivity index (χ1n) is 10.4. The molecule has 6 heteroatoms. The first-order chi connectivity index (χ1) is 14.8. The Bertz CT molecular complexity index is 1360. The Morgan fingerprint density at radius 3 is 2.42 bits per heavy atom. The van der Waals surface area contributed by atoms with E-state index in [1.807, 2.05) is 30.3 Å². The quantitative estimate of drug-likeness (QED) is 0.329. The van der Waals surface area contributed by atoms with Gasteiger partial charge in [0.2, 0.25) is 5.43 Å². The molecule has 0 fully saturated rings. The van der Waals surface area contributed by atoms with Crippen molar-refractivity contribution in [2.45, 2.75) is 39.2 Å². The summed E-state index contributed by atoms with van der Waals surface area (Å²) < 4.78 is 7.63. The fraction of sp³-hybridized carbons (Fsp3) is 0.320. The van der Waals surface area contributed by atoms with Gasteiger partial charge in [0.15, 0.2) is 0 Å². The molecule has 0 bridgehead atoms. The van der Waals surface area contributed by atoms with Crippen LogP contribution >= 0.6 is 11.3 Å². The molecule has 31 heavy (non-hydrogen) atoms. The second-order valence-electron chi connectivity index (χ2n) is 8.67. The number of benzene rings is 2. The molecular weight excluding hydrogens is 408 g/mol. The molecule has 0 saturated carbocycles. The van der Waals surface area contributed by atoms with E-state index >= 15 is 0 Å². The minimum absolute atomic E-state index is 0.0337. The molecule has 4 aromatic rings. The summed E-state index contributed by atoms with van der Waals surface area (Å²) in [5.74, 6) is 0.583. The van der Waals surface area contributed by atoms with E-state index in [0.29, 0.717) is 35.6 Å². The van der Waals surface area contributed by atoms with Crippen molar-refractivity contribution in [2.24, 2.45) is 0 Å². The Labute approximate surface area is 185 Å². The smallest absolute Gasteiger partial charge is 0.266 e. The van der Waals surface area contributed by atoms with E-state index in [9.17, 15) is 9.59 Å². The van der Waals surface area contributed by atoms with Crippen molar-refractivity contribution in [3.05, 3.63) is 74.7 Å². The van der Waals surface area contributed by atoms with Crippen LogP contribution in [0.3, 0.4) is 0 Å². The summed E-state index contributed by atoms with van der Waals surface area (Å²) in [5.41, 5.74) is 1.56. The van der Waals surface area contributed by atoms with Crippen molar-refractivity contribution in [1.82, 2.24) is 9.55 Å². The van der Waals surface area contributed by atoms with E-state index in [4.69, 9.17) is 9.72 Å². The highest BCUT2D eigenvalue weighted by Crippen LogP contribution is 2.27. The van der Waals surface area contributed by atoms with Crippen LogP contribution in [0.15, 0.2) is 58.1 Å². The fourth-order valence-electron chi connectivity index (χ4n) is 3.70. The Balaban J connectivity index is 1.98. The zero-order chi connectivity index (χ0) is 22.2.